The zero-order chi connectivity index (χ0) is 19.3. The van der Waals surface area contributed by atoms with Gasteiger partial charge in [-0.05, 0) is 29.8 Å². The molecular weight excluding hydrogens is 354 g/mol. The molecule has 0 atom stereocenters. The fourth-order valence-electron chi connectivity index (χ4n) is 3.37. The first-order valence-electron chi connectivity index (χ1n) is 9.35. The Morgan fingerprint density at radius 3 is 2.39 bits per heavy atom. The van der Waals surface area contributed by atoms with E-state index in [4.69, 9.17) is 4.74 Å². The van der Waals surface area contributed by atoms with Crippen LogP contribution in [0, 0.1) is 0 Å². The number of nitrogens with zero attached hydrogens (tertiary/aromatic N) is 5. The van der Waals surface area contributed by atoms with Gasteiger partial charge in [-0.1, -0.05) is 35.5 Å². The molecule has 1 saturated heterocycles. The molecule has 1 aromatic heterocycles. The summed E-state index contributed by atoms with van der Waals surface area (Å²) in [5.41, 5.74) is 2.66. The van der Waals surface area contributed by atoms with E-state index in [1.807, 2.05) is 59.5 Å². The SMILES string of the molecule is COc1ccc(N2CCN(C(=O)c3cn(Cc4ccccc4)nn3)CC2)cc1. The van der Waals surface area contributed by atoms with Gasteiger partial charge in [0.2, 0.25) is 0 Å². The van der Waals surface area contributed by atoms with Crippen molar-refractivity contribution in [2.24, 2.45) is 0 Å². The van der Waals surface area contributed by atoms with Crippen molar-refractivity contribution in [2.75, 3.05) is 38.2 Å². The van der Waals surface area contributed by atoms with Crippen molar-refractivity contribution in [1.29, 1.82) is 0 Å². The van der Waals surface area contributed by atoms with Gasteiger partial charge in [-0.15, -0.1) is 5.10 Å². The Morgan fingerprint density at radius 2 is 1.71 bits per heavy atom. The van der Waals surface area contributed by atoms with Crippen molar-refractivity contribution in [2.45, 2.75) is 6.54 Å². The number of amides is 1. The van der Waals surface area contributed by atoms with Gasteiger partial charge in [0.1, 0.15) is 5.75 Å². The summed E-state index contributed by atoms with van der Waals surface area (Å²) < 4.78 is 6.91. The van der Waals surface area contributed by atoms with Gasteiger partial charge in [-0.3, -0.25) is 4.79 Å². The number of carbonyl (C=O) groups excluding carboxylic acids is 1. The van der Waals surface area contributed by atoms with Crippen molar-refractivity contribution in [3.63, 3.8) is 0 Å². The van der Waals surface area contributed by atoms with Crippen LogP contribution < -0.4 is 9.64 Å². The van der Waals surface area contributed by atoms with Crippen LogP contribution in [0.2, 0.25) is 0 Å². The summed E-state index contributed by atoms with van der Waals surface area (Å²) in [6.45, 7) is 3.51. The topological polar surface area (TPSA) is 63.5 Å². The van der Waals surface area contributed by atoms with Crippen LogP contribution in [0.15, 0.2) is 60.8 Å². The van der Waals surface area contributed by atoms with E-state index in [9.17, 15) is 4.79 Å². The zero-order valence-corrected chi connectivity index (χ0v) is 15.9. The summed E-state index contributed by atoms with van der Waals surface area (Å²) in [5.74, 6) is 0.782. The molecular formula is C21H23N5O2. The number of aromatic nitrogens is 3. The van der Waals surface area contributed by atoms with Crippen molar-refractivity contribution in [3.8, 4) is 5.75 Å². The highest BCUT2D eigenvalue weighted by Crippen LogP contribution is 2.21. The van der Waals surface area contributed by atoms with Crippen LogP contribution in [-0.2, 0) is 6.54 Å². The average Bonchev–Trinajstić information content (AvgIpc) is 3.22. The second kappa shape index (κ2) is 8.12. The molecule has 0 radical (unpaired) electrons. The number of hydrogen-bond donors (Lipinski definition) is 0. The highest BCUT2D eigenvalue weighted by Gasteiger charge is 2.24. The zero-order valence-electron chi connectivity index (χ0n) is 15.9. The summed E-state index contributed by atoms with van der Waals surface area (Å²) in [6, 6.07) is 18.0. The number of benzene rings is 2. The lowest BCUT2D eigenvalue weighted by Gasteiger charge is -2.35. The van der Waals surface area contributed by atoms with Crippen LogP contribution in [0.25, 0.3) is 0 Å². The van der Waals surface area contributed by atoms with Gasteiger partial charge in [0.15, 0.2) is 5.69 Å². The first-order chi connectivity index (χ1) is 13.7. The quantitative estimate of drug-likeness (QED) is 0.683. The average molecular weight is 377 g/mol. The van der Waals surface area contributed by atoms with Gasteiger partial charge in [0.05, 0.1) is 19.9 Å². The fraction of sp³-hybridized carbons (Fsp3) is 0.286. The normalized spacial score (nSPS) is 14.2. The van der Waals surface area contributed by atoms with E-state index in [0.717, 1.165) is 30.1 Å². The Kier molecular flexibility index (Phi) is 5.23. The van der Waals surface area contributed by atoms with Crippen LogP contribution in [0.1, 0.15) is 16.1 Å². The molecule has 2 aromatic carbocycles. The lowest BCUT2D eigenvalue weighted by Crippen LogP contribution is -2.48. The van der Waals surface area contributed by atoms with E-state index in [0.29, 0.717) is 25.3 Å². The molecule has 4 rings (SSSR count). The molecule has 7 heteroatoms. The first kappa shape index (κ1) is 18.0. The van der Waals surface area contributed by atoms with Crippen LogP contribution in [-0.4, -0.2) is 59.1 Å². The molecule has 0 spiro atoms. The van der Waals surface area contributed by atoms with Gasteiger partial charge in [0, 0.05) is 31.9 Å². The summed E-state index contributed by atoms with van der Waals surface area (Å²) in [4.78, 5) is 16.9. The lowest BCUT2D eigenvalue weighted by atomic mass is 10.2. The summed E-state index contributed by atoms with van der Waals surface area (Å²) in [6.07, 6.45) is 1.73. The molecule has 7 nitrogen and oxygen atoms in total. The van der Waals surface area contributed by atoms with Crippen LogP contribution in [0.5, 0.6) is 5.75 Å². The molecule has 2 heterocycles. The lowest BCUT2D eigenvalue weighted by molar-refractivity contribution is 0.0740. The number of piperazine rings is 1. The number of carbonyl (C=O) groups is 1. The predicted molar refractivity (Wildman–Crippen MR) is 107 cm³/mol. The Hall–Kier alpha value is -3.35. The molecule has 144 valence electrons. The third kappa shape index (κ3) is 3.98. The standard InChI is InChI=1S/C21H23N5O2/c1-28-19-9-7-18(8-10-19)24-11-13-25(14-12-24)21(27)20-16-26(23-22-20)15-17-5-3-2-4-6-17/h2-10,16H,11-15H2,1H3. The number of anilines is 1. The maximum atomic E-state index is 12.8. The molecule has 1 aliphatic heterocycles. The van der Waals surface area contributed by atoms with E-state index in [-0.39, 0.29) is 5.91 Å². The molecule has 1 amide bonds. The molecule has 28 heavy (non-hydrogen) atoms. The number of rotatable bonds is 5. The minimum absolute atomic E-state index is 0.0614. The van der Waals surface area contributed by atoms with Crippen LogP contribution >= 0.6 is 0 Å². The molecule has 1 aliphatic rings. The minimum Gasteiger partial charge on any atom is -0.497 e. The Balaban J connectivity index is 1.35. The Morgan fingerprint density at radius 1 is 1.00 bits per heavy atom. The molecule has 1 fully saturated rings. The van der Waals surface area contributed by atoms with Gasteiger partial charge in [-0.2, -0.15) is 0 Å². The third-order valence-electron chi connectivity index (χ3n) is 4.95. The number of methoxy groups -OCH3 is 1. The van der Waals surface area contributed by atoms with Crippen LogP contribution in [0.3, 0.4) is 0 Å². The Bertz CT molecular complexity index is 915. The maximum Gasteiger partial charge on any atom is 0.276 e. The molecule has 0 aliphatic carbocycles. The highest BCUT2D eigenvalue weighted by atomic mass is 16.5. The largest absolute Gasteiger partial charge is 0.497 e. The van der Waals surface area contributed by atoms with Gasteiger partial charge in [-0.25, -0.2) is 4.68 Å². The Labute approximate surface area is 164 Å². The van der Waals surface area contributed by atoms with E-state index < -0.39 is 0 Å². The second-order valence-corrected chi connectivity index (χ2v) is 6.76. The monoisotopic (exact) mass is 377 g/mol. The van der Waals surface area contributed by atoms with Gasteiger partial charge >= 0.3 is 0 Å². The highest BCUT2D eigenvalue weighted by molar-refractivity contribution is 5.92. The molecule has 0 saturated carbocycles. The molecule has 0 bridgehead atoms. The van der Waals surface area contributed by atoms with Gasteiger partial charge < -0.3 is 14.5 Å². The predicted octanol–water partition coefficient (Wildman–Crippen LogP) is 2.30. The van der Waals surface area contributed by atoms with Crippen molar-refractivity contribution in [3.05, 3.63) is 72.1 Å². The summed E-state index contributed by atoms with van der Waals surface area (Å²) >= 11 is 0. The summed E-state index contributed by atoms with van der Waals surface area (Å²) in [5, 5.41) is 8.18. The molecule has 0 unspecified atom stereocenters. The van der Waals surface area contributed by atoms with Gasteiger partial charge in [0.25, 0.3) is 5.91 Å². The number of hydrogen-bond acceptors (Lipinski definition) is 5. The number of ether oxygens (including phenoxy) is 1. The minimum atomic E-state index is -0.0614. The van der Waals surface area contributed by atoms with E-state index in [2.05, 4.69) is 15.2 Å². The van der Waals surface area contributed by atoms with Crippen LogP contribution in [0.4, 0.5) is 5.69 Å². The smallest absolute Gasteiger partial charge is 0.276 e. The van der Waals surface area contributed by atoms with Crippen molar-refractivity contribution in [1.82, 2.24) is 19.9 Å². The van der Waals surface area contributed by atoms with E-state index in [1.165, 1.54) is 0 Å². The van der Waals surface area contributed by atoms with Crippen molar-refractivity contribution < 1.29 is 9.53 Å². The fourth-order valence-corrected chi connectivity index (χ4v) is 3.37. The van der Waals surface area contributed by atoms with Crippen molar-refractivity contribution >= 4 is 11.6 Å². The maximum absolute atomic E-state index is 12.8. The molecule has 0 N–H and O–H groups in total. The first-order valence-corrected chi connectivity index (χ1v) is 9.35. The van der Waals surface area contributed by atoms with E-state index >= 15 is 0 Å². The summed E-state index contributed by atoms with van der Waals surface area (Å²) in [7, 11) is 1.66. The molecule has 3 aromatic rings. The second-order valence-electron chi connectivity index (χ2n) is 6.76. The third-order valence-corrected chi connectivity index (χ3v) is 4.95. The van der Waals surface area contributed by atoms with E-state index in [1.54, 1.807) is 18.0 Å².